The Kier molecular flexibility index (Phi) is 6.82. The average Bonchev–Trinajstić information content (AvgIpc) is 2.85. The molecule has 0 unspecified atom stereocenters. The monoisotopic (exact) mass is 435 g/mol. The number of carbonyl (C=O) groups is 1. The van der Waals surface area contributed by atoms with E-state index in [0.717, 1.165) is 0 Å². The average molecular weight is 436 g/mol. The molecule has 1 N–H and O–H groups in total. The Morgan fingerprint density at radius 3 is 2.14 bits per heavy atom. The van der Waals surface area contributed by atoms with Gasteiger partial charge in [-0.1, -0.05) is 32.4 Å². The van der Waals surface area contributed by atoms with Gasteiger partial charge in [-0.3, -0.25) is 9.48 Å². The van der Waals surface area contributed by atoms with Gasteiger partial charge in [-0.15, -0.1) is 0 Å². The molecule has 0 aliphatic heterocycles. The summed E-state index contributed by atoms with van der Waals surface area (Å²) in [5, 5.41) is 6.57. The summed E-state index contributed by atoms with van der Waals surface area (Å²) in [5.74, 6) is -8.32. The van der Waals surface area contributed by atoms with Crippen LogP contribution >= 0.6 is 11.6 Å². The van der Waals surface area contributed by atoms with E-state index in [1.54, 1.807) is 34.7 Å². The van der Waals surface area contributed by atoms with Crippen molar-refractivity contribution >= 4 is 17.5 Å². The second kappa shape index (κ2) is 8.61. The van der Waals surface area contributed by atoms with Crippen LogP contribution in [0.1, 0.15) is 37.7 Å². The Balaban J connectivity index is 2.17. The van der Waals surface area contributed by atoms with Crippen molar-refractivity contribution in [2.45, 2.75) is 40.7 Å². The van der Waals surface area contributed by atoms with Gasteiger partial charge in [-0.25, -0.2) is 8.78 Å². The number of ether oxygens (including phenoxy) is 1. The summed E-state index contributed by atoms with van der Waals surface area (Å²) in [7, 11) is 1.59. The molecule has 29 heavy (non-hydrogen) atoms. The molecule has 0 saturated heterocycles. The third kappa shape index (κ3) is 5.20. The zero-order valence-electron chi connectivity index (χ0n) is 16.7. The number of carbonyl (C=O) groups excluding carboxylic acids is 1. The first kappa shape index (κ1) is 23.0. The van der Waals surface area contributed by atoms with Crippen LogP contribution in [0.25, 0.3) is 0 Å². The molecule has 5 nitrogen and oxygen atoms in total. The van der Waals surface area contributed by atoms with Crippen LogP contribution in [0.3, 0.4) is 0 Å². The first-order chi connectivity index (χ1) is 13.3. The van der Waals surface area contributed by atoms with Gasteiger partial charge in [-0.2, -0.15) is 13.9 Å². The van der Waals surface area contributed by atoms with Crippen molar-refractivity contribution in [3.05, 3.63) is 45.2 Å². The second-order valence-electron chi connectivity index (χ2n) is 7.84. The molecule has 2 aromatic rings. The molecule has 0 spiro atoms. The fourth-order valence-corrected chi connectivity index (χ4v) is 2.73. The van der Waals surface area contributed by atoms with Crippen molar-refractivity contribution in [1.82, 2.24) is 15.1 Å². The van der Waals surface area contributed by atoms with Crippen LogP contribution in [-0.4, -0.2) is 22.3 Å². The minimum atomic E-state index is -1.65. The Bertz CT molecular complexity index is 910. The van der Waals surface area contributed by atoms with Crippen LogP contribution in [0.15, 0.2) is 0 Å². The van der Waals surface area contributed by atoms with Gasteiger partial charge in [0.2, 0.25) is 17.5 Å². The number of nitrogens with zero attached hydrogens (tertiary/aromatic N) is 2. The van der Waals surface area contributed by atoms with E-state index in [0.29, 0.717) is 11.4 Å². The third-order valence-electron chi connectivity index (χ3n) is 4.02. The third-order valence-corrected chi connectivity index (χ3v) is 4.51. The fourth-order valence-electron chi connectivity index (χ4n) is 2.50. The first-order valence-corrected chi connectivity index (χ1v) is 9.13. The maximum Gasteiger partial charge on any atom is 0.226 e. The van der Waals surface area contributed by atoms with Crippen LogP contribution in [0.2, 0.25) is 5.02 Å². The molecule has 160 valence electrons. The van der Waals surface area contributed by atoms with Crippen molar-refractivity contribution in [3.8, 4) is 5.75 Å². The number of amides is 1. The van der Waals surface area contributed by atoms with Crippen molar-refractivity contribution < 1.29 is 27.1 Å². The van der Waals surface area contributed by atoms with Crippen LogP contribution < -0.4 is 10.1 Å². The van der Waals surface area contributed by atoms with Gasteiger partial charge in [0.1, 0.15) is 0 Å². The van der Waals surface area contributed by atoms with Gasteiger partial charge in [0.25, 0.3) is 0 Å². The molecule has 10 heteroatoms. The van der Waals surface area contributed by atoms with Crippen LogP contribution in [0.5, 0.6) is 5.75 Å². The highest BCUT2D eigenvalue weighted by Gasteiger charge is 2.28. The maximum absolute atomic E-state index is 14.3. The number of aryl methyl sites for hydroxylation is 2. The van der Waals surface area contributed by atoms with Crippen LogP contribution in [0, 0.1) is 35.6 Å². The normalized spacial score (nSPS) is 11.7. The lowest BCUT2D eigenvalue weighted by atomic mass is 9.99. The van der Waals surface area contributed by atoms with Gasteiger partial charge < -0.3 is 10.1 Å². The van der Waals surface area contributed by atoms with Crippen molar-refractivity contribution in [2.24, 2.45) is 12.5 Å². The molecule has 1 amide bonds. The lowest BCUT2D eigenvalue weighted by Crippen LogP contribution is -2.27. The minimum Gasteiger partial charge on any atom is -0.487 e. The quantitative estimate of drug-likeness (QED) is 0.546. The van der Waals surface area contributed by atoms with Gasteiger partial charge >= 0.3 is 0 Å². The Morgan fingerprint density at radius 2 is 1.69 bits per heavy atom. The number of benzene rings is 1. The van der Waals surface area contributed by atoms with Gasteiger partial charge in [0, 0.05) is 19.2 Å². The van der Waals surface area contributed by atoms with Crippen molar-refractivity contribution in [2.75, 3.05) is 6.61 Å². The fraction of sp³-hybridized carbons (Fsp3) is 0.474. The van der Waals surface area contributed by atoms with Crippen molar-refractivity contribution in [1.29, 1.82) is 0 Å². The smallest absolute Gasteiger partial charge is 0.226 e. The van der Waals surface area contributed by atoms with E-state index < -0.39 is 52.4 Å². The van der Waals surface area contributed by atoms with Gasteiger partial charge in [-0.05, 0) is 12.3 Å². The summed E-state index contributed by atoms with van der Waals surface area (Å²) < 4.78 is 63.3. The number of halogens is 5. The highest BCUT2D eigenvalue weighted by molar-refractivity contribution is 6.32. The van der Waals surface area contributed by atoms with E-state index >= 15 is 0 Å². The summed E-state index contributed by atoms with van der Waals surface area (Å²) in [5.41, 5.74) is -0.511. The van der Waals surface area contributed by atoms with E-state index in [1.165, 1.54) is 4.68 Å². The van der Waals surface area contributed by atoms with Crippen molar-refractivity contribution in [3.63, 3.8) is 0 Å². The van der Waals surface area contributed by atoms with E-state index in [9.17, 15) is 22.4 Å². The van der Waals surface area contributed by atoms with E-state index in [-0.39, 0.29) is 18.1 Å². The Labute approximate surface area is 171 Å². The van der Waals surface area contributed by atoms with Crippen LogP contribution in [0.4, 0.5) is 17.6 Å². The molecule has 0 fully saturated rings. The maximum atomic E-state index is 14.3. The lowest BCUT2D eigenvalue weighted by Gasteiger charge is -2.20. The first-order valence-electron chi connectivity index (χ1n) is 8.75. The largest absolute Gasteiger partial charge is 0.487 e. The lowest BCUT2D eigenvalue weighted by molar-refractivity contribution is -0.120. The summed E-state index contributed by atoms with van der Waals surface area (Å²) >= 11 is 6.05. The molecule has 2 rings (SSSR count). The summed E-state index contributed by atoms with van der Waals surface area (Å²) in [4.78, 5) is 12.1. The number of aromatic nitrogens is 2. The standard InChI is InChI=1S/C19H22ClF4N3O2/c1-9-13(20)11(27(5)26-9)6-12(28)25-7-10-14(21)16(23)18(17(24)15(10)22)29-8-19(2,3)4/h6-8H2,1-5H3,(H,25,28). The summed E-state index contributed by atoms with van der Waals surface area (Å²) in [6, 6.07) is 0. The highest BCUT2D eigenvalue weighted by Crippen LogP contribution is 2.31. The highest BCUT2D eigenvalue weighted by atomic mass is 35.5. The second-order valence-corrected chi connectivity index (χ2v) is 8.21. The number of hydrogen-bond donors (Lipinski definition) is 1. The van der Waals surface area contributed by atoms with E-state index in [1.807, 2.05) is 0 Å². The summed E-state index contributed by atoms with van der Waals surface area (Å²) in [6.07, 6.45) is -0.225. The Morgan fingerprint density at radius 1 is 1.14 bits per heavy atom. The van der Waals surface area contributed by atoms with Gasteiger partial charge in [0.15, 0.2) is 17.4 Å². The molecule has 1 aromatic heterocycles. The number of rotatable bonds is 6. The Hall–Kier alpha value is -2.29. The molecule has 1 heterocycles. The number of hydrogen-bond acceptors (Lipinski definition) is 3. The SMILES string of the molecule is Cc1nn(C)c(CC(=O)NCc2c(F)c(F)c(OCC(C)(C)C)c(F)c2F)c1Cl. The van der Waals surface area contributed by atoms with E-state index in [4.69, 9.17) is 16.3 Å². The zero-order valence-corrected chi connectivity index (χ0v) is 17.5. The molecule has 0 radical (unpaired) electrons. The minimum absolute atomic E-state index is 0.152. The zero-order chi connectivity index (χ0) is 22.1. The molecule has 0 atom stereocenters. The molecule has 1 aromatic carbocycles. The van der Waals surface area contributed by atoms with E-state index in [2.05, 4.69) is 10.4 Å². The molecule has 0 aliphatic carbocycles. The molecule has 0 saturated carbocycles. The van der Waals surface area contributed by atoms with Crippen LogP contribution in [-0.2, 0) is 24.8 Å². The molecule has 0 aliphatic rings. The van der Waals surface area contributed by atoms with Gasteiger partial charge in [0.05, 0.1) is 29.4 Å². The predicted molar refractivity (Wildman–Crippen MR) is 99.7 cm³/mol. The molecular weight excluding hydrogens is 414 g/mol. The predicted octanol–water partition coefficient (Wildman–Crippen LogP) is 4.22. The number of nitrogens with one attached hydrogen (secondary N) is 1. The molecule has 0 bridgehead atoms. The molecular formula is C19H22ClF4N3O2. The summed E-state index contributed by atoms with van der Waals surface area (Å²) in [6.45, 7) is 5.95. The topological polar surface area (TPSA) is 56.2 Å².